The van der Waals surface area contributed by atoms with Crippen LogP contribution in [0.25, 0.3) is 0 Å². The first kappa shape index (κ1) is 14.5. The highest BCUT2D eigenvalue weighted by atomic mass is 19.4. The van der Waals surface area contributed by atoms with E-state index >= 15 is 0 Å². The first-order chi connectivity index (χ1) is 6.42. The Morgan fingerprint density at radius 2 is 1.40 bits per heavy atom. The number of allylic oxidation sites excluding steroid dienone is 2. The van der Waals surface area contributed by atoms with E-state index in [1.165, 1.54) is 0 Å². The molecule has 0 saturated carbocycles. The molecule has 0 bridgehead atoms. The van der Waals surface area contributed by atoms with Gasteiger partial charge in [0.15, 0.2) is 0 Å². The monoisotopic (exact) mass is 222 g/mol. The lowest BCUT2D eigenvalue weighted by Gasteiger charge is -2.41. The molecular weight excluding hydrogens is 201 g/mol. The van der Waals surface area contributed by atoms with E-state index in [1.807, 2.05) is 34.6 Å². The lowest BCUT2D eigenvalue weighted by molar-refractivity contribution is -0.131. The summed E-state index contributed by atoms with van der Waals surface area (Å²) in [5.74, 6) is 0. The Hall–Kier alpha value is -0.470. The Bertz CT molecular complexity index is 239. The van der Waals surface area contributed by atoms with E-state index in [0.717, 1.165) is 0 Å². The fraction of sp³-hybridized carbons (Fsp3) is 0.833. The second-order valence-electron chi connectivity index (χ2n) is 5.48. The van der Waals surface area contributed by atoms with Crippen LogP contribution in [0.4, 0.5) is 13.2 Å². The van der Waals surface area contributed by atoms with Crippen molar-refractivity contribution in [1.29, 1.82) is 0 Å². The molecule has 0 atom stereocenters. The van der Waals surface area contributed by atoms with Crippen molar-refractivity contribution in [2.45, 2.75) is 54.1 Å². The molecule has 0 spiro atoms. The Balaban J connectivity index is 5.02. The molecule has 0 radical (unpaired) electrons. The van der Waals surface area contributed by atoms with Gasteiger partial charge in [0.1, 0.15) is 0 Å². The van der Waals surface area contributed by atoms with E-state index in [-0.39, 0.29) is 5.41 Å². The second kappa shape index (κ2) is 4.18. The van der Waals surface area contributed by atoms with Crippen molar-refractivity contribution in [2.24, 2.45) is 10.8 Å². The molecule has 0 amide bonds. The summed E-state index contributed by atoms with van der Waals surface area (Å²) in [6.45, 7) is 11.3. The molecular formula is C12H21F3. The van der Waals surface area contributed by atoms with Gasteiger partial charge in [-0.1, -0.05) is 46.3 Å². The number of halogens is 3. The van der Waals surface area contributed by atoms with Gasteiger partial charge >= 0.3 is 6.18 Å². The van der Waals surface area contributed by atoms with Crippen LogP contribution in [0.1, 0.15) is 48.0 Å². The van der Waals surface area contributed by atoms with Gasteiger partial charge in [0.25, 0.3) is 0 Å². The minimum absolute atomic E-state index is 0.180. The molecule has 0 fully saturated rings. The van der Waals surface area contributed by atoms with Gasteiger partial charge in [0, 0.05) is 0 Å². The fourth-order valence-electron chi connectivity index (χ4n) is 1.38. The van der Waals surface area contributed by atoms with Crippen molar-refractivity contribution in [2.75, 3.05) is 0 Å². The van der Waals surface area contributed by atoms with Crippen LogP contribution in [-0.4, -0.2) is 6.18 Å². The van der Waals surface area contributed by atoms with Crippen LogP contribution in [0.3, 0.4) is 0 Å². The molecule has 0 aliphatic heterocycles. The lowest BCUT2D eigenvalue weighted by atomic mass is 9.64. The van der Waals surface area contributed by atoms with Gasteiger partial charge in [-0.05, 0) is 17.8 Å². The summed E-state index contributed by atoms with van der Waals surface area (Å²) < 4.78 is 37.1. The zero-order chi connectivity index (χ0) is 12.5. The summed E-state index contributed by atoms with van der Waals surface area (Å²) in [6.07, 6.45) is -3.34. The maximum atomic E-state index is 12.4. The molecule has 90 valence electrons. The summed E-state index contributed by atoms with van der Waals surface area (Å²) in [7, 11) is 0. The number of hydrogen-bond acceptors (Lipinski definition) is 0. The predicted octanol–water partition coefficient (Wildman–Crippen LogP) is 4.96. The molecule has 0 heterocycles. The van der Waals surface area contributed by atoms with Crippen LogP contribution in [0, 0.1) is 10.8 Å². The first-order valence-electron chi connectivity index (χ1n) is 5.14. The highest BCUT2D eigenvalue weighted by Gasteiger charge is 2.40. The highest BCUT2D eigenvalue weighted by Crippen LogP contribution is 2.47. The Morgan fingerprint density at radius 3 is 1.60 bits per heavy atom. The quantitative estimate of drug-likeness (QED) is 0.579. The molecule has 0 saturated heterocycles. The molecule has 3 heteroatoms. The summed E-state index contributed by atoms with van der Waals surface area (Å²) in [5, 5.41) is 0. The van der Waals surface area contributed by atoms with E-state index < -0.39 is 18.0 Å². The Morgan fingerprint density at radius 1 is 1.00 bits per heavy atom. The van der Waals surface area contributed by atoms with Crippen molar-refractivity contribution in [3.8, 4) is 0 Å². The minimum atomic E-state index is -4.12. The number of hydrogen-bond donors (Lipinski definition) is 0. The number of rotatable bonds is 2. The van der Waals surface area contributed by atoms with Crippen LogP contribution in [-0.2, 0) is 0 Å². The van der Waals surface area contributed by atoms with Gasteiger partial charge < -0.3 is 0 Å². The van der Waals surface area contributed by atoms with Crippen molar-refractivity contribution in [3.63, 3.8) is 0 Å². The van der Waals surface area contributed by atoms with E-state index in [1.54, 1.807) is 13.0 Å². The molecule has 0 aromatic heterocycles. The van der Waals surface area contributed by atoms with Gasteiger partial charge in [-0.3, -0.25) is 0 Å². The topological polar surface area (TPSA) is 0 Å². The van der Waals surface area contributed by atoms with Crippen LogP contribution < -0.4 is 0 Å². The van der Waals surface area contributed by atoms with E-state index in [0.29, 0.717) is 5.57 Å². The summed E-state index contributed by atoms with van der Waals surface area (Å²) >= 11 is 0. The third-order valence-corrected chi connectivity index (χ3v) is 3.42. The Kier molecular flexibility index (Phi) is 4.05. The molecule has 0 aliphatic rings. The standard InChI is InChI=1S/C12H21F3/c1-7-9(8-12(13,14)15)11(5,6)10(2,3)4/h7H,8H2,1-6H3/b9-7+. The summed E-state index contributed by atoms with van der Waals surface area (Å²) in [4.78, 5) is 0. The van der Waals surface area contributed by atoms with Gasteiger partial charge in [-0.25, -0.2) is 0 Å². The molecule has 0 aromatic carbocycles. The van der Waals surface area contributed by atoms with Crippen molar-refractivity contribution in [1.82, 2.24) is 0 Å². The van der Waals surface area contributed by atoms with Crippen LogP contribution in [0.15, 0.2) is 11.6 Å². The van der Waals surface area contributed by atoms with Crippen molar-refractivity contribution >= 4 is 0 Å². The lowest BCUT2D eigenvalue weighted by Crippen LogP contribution is -2.33. The zero-order valence-electron chi connectivity index (χ0n) is 10.4. The molecule has 0 aliphatic carbocycles. The van der Waals surface area contributed by atoms with Crippen molar-refractivity contribution < 1.29 is 13.2 Å². The van der Waals surface area contributed by atoms with Gasteiger partial charge in [-0.15, -0.1) is 0 Å². The minimum Gasteiger partial charge on any atom is -0.171 e. The van der Waals surface area contributed by atoms with Gasteiger partial charge in [0.05, 0.1) is 6.42 Å². The zero-order valence-corrected chi connectivity index (χ0v) is 10.4. The summed E-state index contributed by atoms with van der Waals surface area (Å²) in [6, 6.07) is 0. The maximum absolute atomic E-state index is 12.4. The molecule has 0 rings (SSSR count). The molecule has 0 N–H and O–H groups in total. The Labute approximate surface area is 90.6 Å². The molecule has 15 heavy (non-hydrogen) atoms. The van der Waals surface area contributed by atoms with E-state index in [4.69, 9.17) is 0 Å². The van der Waals surface area contributed by atoms with Gasteiger partial charge in [-0.2, -0.15) is 13.2 Å². The largest absolute Gasteiger partial charge is 0.392 e. The summed E-state index contributed by atoms with van der Waals surface area (Å²) in [5.41, 5.74) is -0.167. The van der Waals surface area contributed by atoms with Crippen LogP contribution in [0.5, 0.6) is 0 Å². The SMILES string of the molecule is C/C=C(\CC(F)(F)F)C(C)(C)C(C)(C)C. The maximum Gasteiger partial charge on any atom is 0.392 e. The average molecular weight is 222 g/mol. The molecule has 0 aromatic rings. The normalized spacial score (nSPS) is 15.7. The van der Waals surface area contributed by atoms with Crippen LogP contribution in [0.2, 0.25) is 0 Å². The highest BCUT2D eigenvalue weighted by molar-refractivity contribution is 5.16. The van der Waals surface area contributed by atoms with E-state index in [2.05, 4.69) is 0 Å². The van der Waals surface area contributed by atoms with E-state index in [9.17, 15) is 13.2 Å². The van der Waals surface area contributed by atoms with Crippen LogP contribution >= 0.6 is 0 Å². The third kappa shape index (κ3) is 3.88. The second-order valence-corrected chi connectivity index (χ2v) is 5.48. The number of alkyl halides is 3. The smallest absolute Gasteiger partial charge is 0.171 e. The average Bonchev–Trinajstić information content (AvgIpc) is 1.95. The van der Waals surface area contributed by atoms with Crippen molar-refractivity contribution in [3.05, 3.63) is 11.6 Å². The molecule has 0 unspecified atom stereocenters. The third-order valence-electron chi connectivity index (χ3n) is 3.42. The predicted molar refractivity (Wildman–Crippen MR) is 57.7 cm³/mol. The fourth-order valence-corrected chi connectivity index (χ4v) is 1.38. The van der Waals surface area contributed by atoms with Gasteiger partial charge in [0.2, 0.25) is 0 Å². The first-order valence-corrected chi connectivity index (χ1v) is 5.14. The molecule has 0 nitrogen and oxygen atoms in total.